The molecular formula is C8H13N5O4. The summed E-state index contributed by atoms with van der Waals surface area (Å²) in [6.45, 7) is -0.385. The predicted molar refractivity (Wildman–Crippen MR) is 55.1 cm³/mol. The Bertz CT molecular complexity index is 366. The Hall–Kier alpha value is -2.16. The van der Waals surface area contributed by atoms with E-state index in [1.54, 1.807) is 0 Å². The van der Waals surface area contributed by atoms with Crippen LogP contribution in [0.4, 0.5) is 4.79 Å². The number of aromatic nitrogens is 3. The molecule has 9 heteroatoms. The highest BCUT2D eigenvalue weighted by molar-refractivity contribution is 5.82. The summed E-state index contributed by atoms with van der Waals surface area (Å²) >= 11 is 0. The minimum atomic E-state index is -1.31. The van der Waals surface area contributed by atoms with Crippen molar-refractivity contribution in [3.63, 3.8) is 0 Å². The molecular weight excluding hydrogens is 230 g/mol. The van der Waals surface area contributed by atoms with Crippen LogP contribution in [-0.4, -0.2) is 56.6 Å². The predicted octanol–water partition coefficient (Wildman–Crippen LogP) is -1.91. The summed E-state index contributed by atoms with van der Waals surface area (Å²) in [5.74, 6) is -0.680. The number of rotatable bonds is 6. The molecule has 0 aliphatic heterocycles. The number of urea groups is 1. The number of amides is 2. The van der Waals surface area contributed by atoms with Gasteiger partial charge in [0.1, 0.15) is 12.2 Å². The highest BCUT2D eigenvalue weighted by Gasteiger charge is 2.18. The first-order valence-corrected chi connectivity index (χ1v) is 4.85. The number of nitrogens with zero attached hydrogens (tertiary/aromatic N) is 2. The molecule has 0 saturated heterocycles. The van der Waals surface area contributed by atoms with Gasteiger partial charge in [0.05, 0.1) is 6.61 Å². The minimum absolute atomic E-state index is 0.277. The molecule has 9 nitrogen and oxygen atoms in total. The SMILES string of the molecule is O=C(NCCc1ncn[nH]1)N[C@@H](CO)C(=O)O. The van der Waals surface area contributed by atoms with Crippen LogP contribution in [0.25, 0.3) is 0 Å². The maximum atomic E-state index is 11.2. The van der Waals surface area contributed by atoms with Gasteiger partial charge in [0, 0.05) is 13.0 Å². The minimum Gasteiger partial charge on any atom is -0.480 e. The zero-order valence-corrected chi connectivity index (χ0v) is 8.88. The summed E-state index contributed by atoms with van der Waals surface area (Å²) in [4.78, 5) is 25.5. The van der Waals surface area contributed by atoms with Crippen LogP contribution in [0, 0.1) is 0 Å². The molecule has 1 heterocycles. The van der Waals surface area contributed by atoms with Gasteiger partial charge in [0.25, 0.3) is 0 Å². The van der Waals surface area contributed by atoms with Crippen LogP contribution in [0.3, 0.4) is 0 Å². The number of carboxylic acids is 1. The summed E-state index contributed by atoms with van der Waals surface area (Å²) in [5, 5.41) is 28.0. The van der Waals surface area contributed by atoms with Crippen molar-refractivity contribution in [2.24, 2.45) is 0 Å². The van der Waals surface area contributed by atoms with E-state index in [-0.39, 0.29) is 6.54 Å². The number of carbonyl (C=O) groups is 2. The van der Waals surface area contributed by atoms with Crippen LogP contribution in [-0.2, 0) is 11.2 Å². The fourth-order valence-corrected chi connectivity index (χ4v) is 1.04. The van der Waals surface area contributed by atoms with E-state index in [0.29, 0.717) is 12.2 Å². The molecule has 0 radical (unpaired) electrons. The fourth-order valence-electron chi connectivity index (χ4n) is 1.04. The second kappa shape index (κ2) is 6.43. The molecule has 0 aromatic carbocycles. The summed E-state index contributed by atoms with van der Waals surface area (Å²) in [7, 11) is 0. The topological polar surface area (TPSA) is 140 Å². The molecule has 0 unspecified atom stereocenters. The molecule has 0 fully saturated rings. The van der Waals surface area contributed by atoms with Crippen molar-refractivity contribution < 1.29 is 19.8 Å². The lowest BCUT2D eigenvalue weighted by molar-refractivity contribution is -0.140. The molecule has 5 N–H and O–H groups in total. The maximum Gasteiger partial charge on any atom is 0.328 e. The van der Waals surface area contributed by atoms with Gasteiger partial charge in [-0.2, -0.15) is 5.10 Å². The van der Waals surface area contributed by atoms with Gasteiger partial charge < -0.3 is 20.8 Å². The van der Waals surface area contributed by atoms with Gasteiger partial charge >= 0.3 is 12.0 Å². The lowest BCUT2D eigenvalue weighted by Crippen LogP contribution is -2.48. The third kappa shape index (κ3) is 4.47. The number of hydrogen-bond acceptors (Lipinski definition) is 5. The molecule has 0 aliphatic carbocycles. The quantitative estimate of drug-likeness (QED) is 0.395. The van der Waals surface area contributed by atoms with E-state index in [4.69, 9.17) is 10.2 Å². The summed E-state index contributed by atoms with van der Waals surface area (Å²) in [5.41, 5.74) is 0. The Morgan fingerprint density at radius 2 is 2.29 bits per heavy atom. The first-order valence-electron chi connectivity index (χ1n) is 4.85. The molecule has 0 saturated carbocycles. The molecule has 0 bridgehead atoms. The van der Waals surface area contributed by atoms with E-state index in [1.807, 2.05) is 0 Å². The zero-order chi connectivity index (χ0) is 12.7. The largest absolute Gasteiger partial charge is 0.480 e. The first kappa shape index (κ1) is 12.9. The Morgan fingerprint density at radius 1 is 1.53 bits per heavy atom. The third-order valence-electron chi connectivity index (χ3n) is 1.90. The second-order valence-electron chi connectivity index (χ2n) is 3.16. The highest BCUT2D eigenvalue weighted by atomic mass is 16.4. The lowest BCUT2D eigenvalue weighted by Gasteiger charge is -2.12. The van der Waals surface area contributed by atoms with Crippen molar-refractivity contribution in [2.75, 3.05) is 13.2 Å². The van der Waals surface area contributed by atoms with Gasteiger partial charge in [-0.1, -0.05) is 0 Å². The Labute approximate surface area is 96.2 Å². The number of H-pyrrole nitrogens is 1. The third-order valence-corrected chi connectivity index (χ3v) is 1.90. The maximum absolute atomic E-state index is 11.2. The lowest BCUT2D eigenvalue weighted by atomic mass is 10.3. The molecule has 0 spiro atoms. The molecule has 1 rings (SSSR count). The normalized spacial score (nSPS) is 11.8. The van der Waals surface area contributed by atoms with Gasteiger partial charge in [0.2, 0.25) is 0 Å². The van der Waals surface area contributed by atoms with Crippen molar-refractivity contribution in [2.45, 2.75) is 12.5 Å². The number of aromatic amines is 1. The van der Waals surface area contributed by atoms with Gasteiger partial charge in [0.15, 0.2) is 6.04 Å². The Balaban J connectivity index is 2.23. The van der Waals surface area contributed by atoms with Crippen LogP contribution in [0.15, 0.2) is 6.33 Å². The summed E-state index contributed by atoms with van der Waals surface area (Å²) in [6, 6.07) is -1.97. The number of nitrogens with one attached hydrogen (secondary N) is 3. The van der Waals surface area contributed by atoms with Crippen molar-refractivity contribution in [3.05, 3.63) is 12.2 Å². The van der Waals surface area contributed by atoms with E-state index in [0.717, 1.165) is 0 Å². The highest BCUT2D eigenvalue weighted by Crippen LogP contribution is 1.86. The van der Waals surface area contributed by atoms with E-state index in [9.17, 15) is 9.59 Å². The summed E-state index contributed by atoms with van der Waals surface area (Å²) < 4.78 is 0. The number of aliphatic carboxylic acids is 1. The van der Waals surface area contributed by atoms with Gasteiger partial charge in [-0.3, -0.25) is 5.10 Å². The van der Waals surface area contributed by atoms with E-state index in [1.165, 1.54) is 6.33 Å². The molecule has 17 heavy (non-hydrogen) atoms. The molecule has 94 valence electrons. The molecule has 1 atom stereocenters. The Kier molecular flexibility index (Phi) is 4.88. The molecule has 0 aliphatic rings. The average Bonchev–Trinajstić information content (AvgIpc) is 2.78. The molecule has 2 amide bonds. The number of carboxylic acid groups (broad SMARTS) is 1. The number of aliphatic hydroxyl groups is 1. The van der Waals surface area contributed by atoms with Crippen molar-refractivity contribution in [1.82, 2.24) is 25.8 Å². The van der Waals surface area contributed by atoms with Gasteiger partial charge in [-0.15, -0.1) is 0 Å². The van der Waals surface area contributed by atoms with Crippen molar-refractivity contribution in [1.29, 1.82) is 0 Å². The summed E-state index contributed by atoms with van der Waals surface area (Å²) in [6.07, 6.45) is 1.80. The van der Waals surface area contributed by atoms with Crippen molar-refractivity contribution in [3.8, 4) is 0 Å². The Morgan fingerprint density at radius 3 is 2.82 bits per heavy atom. The van der Waals surface area contributed by atoms with Crippen LogP contribution in [0.5, 0.6) is 0 Å². The fraction of sp³-hybridized carbons (Fsp3) is 0.500. The standard InChI is InChI=1S/C8H13N5O4/c14-3-5(7(15)16)12-8(17)9-2-1-6-10-4-11-13-6/h4-5,14H,1-3H2,(H,15,16)(H2,9,12,17)(H,10,11,13)/t5-/m0/s1. The van der Waals surface area contributed by atoms with E-state index >= 15 is 0 Å². The number of aliphatic hydroxyl groups excluding tert-OH is 1. The van der Waals surface area contributed by atoms with E-state index in [2.05, 4.69) is 25.8 Å². The second-order valence-corrected chi connectivity index (χ2v) is 3.16. The number of carbonyl (C=O) groups excluding carboxylic acids is 1. The van der Waals surface area contributed by atoms with Crippen molar-refractivity contribution >= 4 is 12.0 Å². The van der Waals surface area contributed by atoms with Gasteiger partial charge in [-0.25, -0.2) is 14.6 Å². The van der Waals surface area contributed by atoms with Crippen LogP contribution in [0.1, 0.15) is 5.82 Å². The first-order chi connectivity index (χ1) is 8.13. The van der Waals surface area contributed by atoms with Crippen LogP contribution >= 0.6 is 0 Å². The number of hydrogen-bond donors (Lipinski definition) is 5. The van der Waals surface area contributed by atoms with Crippen LogP contribution in [0.2, 0.25) is 0 Å². The zero-order valence-electron chi connectivity index (χ0n) is 8.88. The molecule has 1 aromatic heterocycles. The monoisotopic (exact) mass is 243 g/mol. The average molecular weight is 243 g/mol. The van der Waals surface area contributed by atoms with E-state index < -0.39 is 24.6 Å². The smallest absolute Gasteiger partial charge is 0.328 e. The van der Waals surface area contributed by atoms with Gasteiger partial charge in [-0.05, 0) is 0 Å². The molecule has 1 aromatic rings. The van der Waals surface area contributed by atoms with Crippen LogP contribution < -0.4 is 10.6 Å².